The van der Waals surface area contributed by atoms with Crippen LogP contribution in [-0.2, 0) is 9.59 Å². The number of Topliss-reactive ketones (excluding diaryl/α,β-unsaturated/α-hetero) is 1. The second-order valence-electron chi connectivity index (χ2n) is 0.844. The molecule has 0 aromatic heterocycles. The molecule has 4 heteroatoms. The lowest BCUT2D eigenvalue weighted by Gasteiger charge is -1.91. The predicted octanol–water partition coefficient (Wildman–Crippen LogP) is -1.30. The van der Waals surface area contributed by atoms with Crippen molar-refractivity contribution in [2.45, 2.75) is 0 Å². The molecule has 7 heavy (non-hydrogen) atoms. The van der Waals surface area contributed by atoms with Crippen LogP contribution in [-0.4, -0.2) is 17.1 Å². The normalized spacial score (nSPS) is 8.14. The minimum absolute atomic E-state index is 0.171. The Kier molecular flexibility index (Phi) is 2.59. The Morgan fingerprint density at radius 2 is 2.29 bits per heavy atom. The van der Waals surface area contributed by atoms with Gasteiger partial charge in [0.2, 0.25) is 0 Å². The maximum atomic E-state index is 9.80. The third kappa shape index (κ3) is 2.33. The number of halogens is 1. The SMILES string of the molecule is O=C(CBr)[14C](=O)[O-]. The Morgan fingerprint density at radius 3 is 2.29 bits per heavy atom. The lowest BCUT2D eigenvalue weighted by atomic mass is 10.8. The van der Waals surface area contributed by atoms with Crippen LogP contribution < -0.4 is 5.11 Å². The van der Waals surface area contributed by atoms with Crippen molar-refractivity contribution in [2.75, 3.05) is 5.33 Å². The van der Waals surface area contributed by atoms with Crippen molar-refractivity contribution >= 4 is 27.7 Å². The molecule has 0 aliphatic heterocycles. The van der Waals surface area contributed by atoms with Crippen LogP contribution in [0.3, 0.4) is 0 Å². The molecule has 0 aromatic carbocycles. The maximum Gasteiger partial charge on any atom is 0.188 e. The summed E-state index contributed by atoms with van der Waals surface area (Å²) < 4.78 is 0. The molecule has 0 fully saturated rings. The summed E-state index contributed by atoms with van der Waals surface area (Å²) in [6, 6.07) is 0. The molecule has 0 atom stereocenters. The number of carbonyl (C=O) groups excluding carboxylic acids is 2. The van der Waals surface area contributed by atoms with Crippen molar-refractivity contribution in [1.29, 1.82) is 0 Å². The number of aliphatic carboxylic acids is 1. The van der Waals surface area contributed by atoms with Gasteiger partial charge in [-0.1, -0.05) is 15.9 Å². The summed E-state index contributed by atoms with van der Waals surface area (Å²) in [4.78, 5) is 19.2. The van der Waals surface area contributed by atoms with Crippen molar-refractivity contribution in [3.05, 3.63) is 0 Å². The van der Waals surface area contributed by atoms with Gasteiger partial charge in [-0.2, -0.15) is 0 Å². The number of alkyl halides is 1. The molecule has 0 aromatic rings. The zero-order valence-electron chi connectivity index (χ0n) is 3.31. The van der Waals surface area contributed by atoms with Gasteiger partial charge >= 0.3 is 0 Å². The maximum absolute atomic E-state index is 9.80. The highest BCUT2D eigenvalue weighted by molar-refractivity contribution is 9.09. The molecule has 0 saturated carbocycles. The van der Waals surface area contributed by atoms with E-state index in [1.54, 1.807) is 0 Å². The highest BCUT2D eigenvalue weighted by atomic mass is 79.9. The van der Waals surface area contributed by atoms with E-state index in [0.717, 1.165) is 0 Å². The summed E-state index contributed by atoms with van der Waals surface area (Å²) in [5.41, 5.74) is 0. The molecule has 0 amide bonds. The second-order valence-corrected chi connectivity index (χ2v) is 1.40. The smallest absolute Gasteiger partial charge is 0.188 e. The minimum Gasteiger partial charge on any atom is -0.542 e. The number of hydrogen-bond acceptors (Lipinski definition) is 3. The fourth-order valence-electron chi connectivity index (χ4n) is 0.0546. The number of rotatable bonds is 2. The summed E-state index contributed by atoms with van der Waals surface area (Å²) in [6.45, 7) is 0. The van der Waals surface area contributed by atoms with Crippen molar-refractivity contribution < 1.29 is 14.7 Å². The van der Waals surface area contributed by atoms with E-state index in [2.05, 4.69) is 15.9 Å². The Labute approximate surface area is 48.5 Å². The van der Waals surface area contributed by atoms with Gasteiger partial charge in [-0.05, 0) is 0 Å². The van der Waals surface area contributed by atoms with Gasteiger partial charge in [0.1, 0.15) is 5.97 Å². The van der Waals surface area contributed by atoms with Gasteiger partial charge in [-0.25, -0.2) is 0 Å². The van der Waals surface area contributed by atoms with Gasteiger partial charge < -0.3 is 9.90 Å². The molecule has 0 saturated heterocycles. The topological polar surface area (TPSA) is 57.2 Å². The highest BCUT2D eigenvalue weighted by Crippen LogP contribution is 1.78. The molecule has 0 unspecified atom stereocenters. The van der Waals surface area contributed by atoms with Crippen molar-refractivity contribution in [3.63, 3.8) is 0 Å². The first-order valence-corrected chi connectivity index (χ1v) is 2.60. The average molecular weight is 168 g/mol. The van der Waals surface area contributed by atoms with E-state index in [4.69, 9.17) is 0 Å². The third-order valence-corrected chi connectivity index (χ3v) is 0.858. The fraction of sp³-hybridized carbons (Fsp3) is 0.333. The van der Waals surface area contributed by atoms with Crippen molar-refractivity contribution in [1.82, 2.24) is 0 Å². The zero-order chi connectivity index (χ0) is 5.86. The minimum atomic E-state index is -1.64. The number of carboxylic acid groups (broad SMARTS) is 1. The molecule has 0 heterocycles. The molecule has 0 N–H and O–H groups in total. The van der Waals surface area contributed by atoms with E-state index in [9.17, 15) is 14.7 Å². The van der Waals surface area contributed by atoms with Gasteiger partial charge in [0.05, 0.1) is 5.33 Å². The summed E-state index contributed by atoms with van der Waals surface area (Å²) in [5.74, 6) is -2.57. The van der Waals surface area contributed by atoms with Gasteiger partial charge in [0.25, 0.3) is 0 Å². The molecule has 0 bridgehead atoms. The summed E-state index contributed by atoms with van der Waals surface area (Å²) in [5, 5.41) is 9.27. The van der Waals surface area contributed by atoms with E-state index in [0.29, 0.717) is 0 Å². The van der Waals surface area contributed by atoms with Gasteiger partial charge in [-0.3, -0.25) is 4.79 Å². The Morgan fingerprint density at radius 1 is 1.86 bits per heavy atom. The van der Waals surface area contributed by atoms with E-state index in [-0.39, 0.29) is 5.33 Å². The van der Waals surface area contributed by atoms with Crippen molar-refractivity contribution in [2.24, 2.45) is 0 Å². The first-order chi connectivity index (χ1) is 3.18. The first-order valence-electron chi connectivity index (χ1n) is 1.48. The number of ketones is 1. The largest absolute Gasteiger partial charge is 0.542 e. The van der Waals surface area contributed by atoms with Crippen LogP contribution in [0.5, 0.6) is 0 Å². The Bertz CT molecular complexity index is 98.4. The zero-order valence-corrected chi connectivity index (χ0v) is 4.90. The van der Waals surface area contributed by atoms with E-state index >= 15 is 0 Å². The Balaban J connectivity index is 3.58. The van der Waals surface area contributed by atoms with Crippen LogP contribution in [0.1, 0.15) is 0 Å². The molecular weight excluding hydrogens is 166 g/mol. The molecule has 0 aliphatic carbocycles. The van der Waals surface area contributed by atoms with E-state index in [1.165, 1.54) is 0 Å². The predicted molar refractivity (Wildman–Crippen MR) is 23.8 cm³/mol. The number of hydrogen-bond donors (Lipinski definition) is 0. The average Bonchev–Trinajstić information content (AvgIpc) is 1.65. The molecule has 0 spiro atoms. The summed E-state index contributed by atoms with van der Waals surface area (Å²) in [7, 11) is 0. The van der Waals surface area contributed by atoms with E-state index < -0.39 is 11.8 Å². The quantitative estimate of drug-likeness (QED) is 0.380. The number of carbonyl (C=O) groups is 2. The summed E-state index contributed by atoms with van der Waals surface area (Å²) >= 11 is 2.64. The van der Waals surface area contributed by atoms with Gasteiger partial charge in [0, 0.05) is 0 Å². The molecule has 0 aliphatic rings. The first kappa shape index (κ1) is 6.62. The van der Waals surface area contributed by atoms with Crippen molar-refractivity contribution in [3.8, 4) is 0 Å². The lowest BCUT2D eigenvalue weighted by Crippen LogP contribution is -2.32. The van der Waals surface area contributed by atoms with Crippen LogP contribution in [0, 0.1) is 0 Å². The van der Waals surface area contributed by atoms with Crippen LogP contribution in [0.2, 0.25) is 0 Å². The number of carboxylic acids is 1. The van der Waals surface area contributed by atoms with Crippen LogP contribution in [0.15, 0.2) is 0 Å². The summed E-state index contributed by atoms with van der Waals surface area (Å²) in [6.07, 6.45) is 0. The molecule has 0 radical (unpaired) electrons. The molecule has 40 valence electrons. The van der Waals surface area contributed by atoms with Gasteiger partial charge in [-0.15, -0.1) is 0 Å². The fourth-order valence-corrected chi connectivity index (χ4v) is 0.283. The standard InChI is InChI=1S/C3H3BrO3/c4-1-2(5)3(6)7/h1H2,(H,6,7)/p-1/i3+2. The van der Waals surface area contributed by atoms with Crippen LogP contribution >= 0.6 is 15.9 Å². The monoisotopic (exact) mass is 167 g/mol. The highest BCUT2D eigenvalue weighted by Gasteiger charge is 1.95. The van der Waals surface area contributed by atoms with Crippen LogP contribution in [0.25, 0.3) is 0 Å². The molecular formula is C3H2BrO3-. The molecule has 0 rings (SSSR count). The lowest BCUT2D eigenvalue weighted by molar-refractivity contribution is -0.299. The third-order valence-electron chi connectivity index (χ3n) is 0.349. The second kappa shape index (κ2) is 2.74. The molecule has 3 nitrogen and oxygen atoms in total. The van der Waals surface area contributed by atoms with E-state index in [1.807, 2.05) is 0 Å². The Hall–Kier alpha value is -0.380. The van der Waals surface area contributed by atoms with Gasteiger partial charge in [0.15, 0.2) is 5.78 Å². The van der Waals surface area contributed by atoms with Crippen LogP contribution in [0.4, 0.5) is 0 Å².